The number of benzene rings is 1. The van der Waals surface area contributed by atoms with Gasteiger partial charge in [0.05, 0.1) is 0 Å². The van der Waals surface area contributed by atoms with E-state index in [1.165, 1.54) is 0 Å². The maximum Gasteiger partial charge on any atom is 0.303 e. The number of hydrogen-bond acceptors (Lipinski definition) is 2. The topological polar surface area (TPSA) is 40.5 Å². The minimum absolute atomic E-state index is 0.220. The highest BCUT2D eigenvalue weighted by Crippen LogP contribution is 2.30. The fourth-order valence-corrected chi connectivity index (χ4v) is 3.12. The highest BCUT2D eigenvalue weighted by molar-refractivity contribution is 6.35. The molecule has 1 heterocycles. The highest BCUT2D eigenvalue weighted by Gasteiger charge is 2.26. The van der Waals surface area contributed by atoms with Crippen molar-refractivity contribution in [3.05, 3.63) is 33.8 Å². The lowest BCUT2D eigenvalue weighted by molar-refractivity contribution is -0.137. The van der Waals surface area contributed by atoms with Crippen LogP contribution in [0.2, 0.25) is 10.0 Å². The molecule has 104 valence electrons. The standard InChI is InChI=1S/C14H17Cl2NO2/c15-12-4-1-5-13(16)11(12)9-17-8-2-3-10(17)6-7-14(18)19/h1,4-5,10H,2-3,6-9H2,(H,18,19). The molecule has 19 heavy (non-hydrogen) atoms. The minimum Gasteiger partial charge on any atom is -0.481 e. The molecule has 0 saturated carbocycles. The van der Waals surface area contributed by atoms with Gasteiger partial charge in [0.1, 0.15) is 0 Å². The number of carboxylic acids is 1. The average Bonchev–Trinajstić information content (AvgIpc) is 2.79. The van der Waals surface area contributed by atoms with Gasteiger partial charge in [0.25, 0.3) is 0 Å². The first kappa shape index (κ1) is 14.6. The summed E-state index contributed by atoms with van der Waals surface area (Å²) < 4.78 is 0. The van der Waals surface area contributed by atoms with Crippen molar-refractivity contribution in [2.45, 2.75) is 38.3 Å². The molecule has 0 spiro atoms. The second kappa shape index (κ2) is 6.60. The zero-order valence-electron chi connectivity index (χ0n) is 10.6. The number of carboxylic acid groups (broad SMARTS) is 1. The summed E-state index contributed by atoms with van der Waals surface area (Å²) in [5.74, 6) is -0.734. The molecule has 1 unspecified atom stereocenters. The molecule has 0 amide bonds. The number of aliphatic carboxylic acids is 1. The molecule has 1 aromatic rings. The number of likely N-dealkylation sites (tertiary alicyclic amines) is 1. The molecular weight excluding hydrogens is 285 g/mol. The Morgan fingerprint density at radius 3 is 2.68 bits per heavy atom. The molecule has 1 aliphatic heterocycles. The van der Waals surface area contributed by atoms with Gasteiger partial charge in [-0.25, -0.2) is 0 Å². The van der Waals surface area contributed by atoms with E-state index in [0.29, 0.717) is 29.1 Å². The van der Waals surface area contributed by atoms with Crippen LogP contribution >= 0.6 is 23.2 Å². The smallest absolute Gasteiger partial charge is 0.303 e. The van der Waals surface area contributed by atoms with Gasteiger partial charge < -0.3 is 5.11 Å². The van der Waals surface area contributed by atoms with Crippen LogP contribution in [0.1, 0.15) is 31.2 Å². The van der Waals surface area contributed by atoms with Gasteiger partial charge in [-0.1, -0.05) is 29.3 Å². The van der Waals surface area contributed by atoms with Crippen LogP contribution in [0.3, 0.4) is 0 Å². The van der Waals surface area contributed by atoms with Crippen molar-refractivity contribution in [1.29, 1.82) is 0 Å². The van der Waals surface area contributed by atoms with Crippen molar-refractivity contribution in [2.75, 3.05) is 6.54 Å². The second-order valence-electron chi connectivity index (χ2n) is 4.90. The van der Waals surface area contributed by atoms with E-state index in [1.807, 2.05) is 18.2 Å². The third-order valence-electron chi connectivity index (χ3n) is 3.61. The van der Waals surface area contributed by atoms with E-state index in [2.05, 4.69) is 4.90 Å². The van der Waals surface area contributed by atoms with Crippen molar-refractivity contribution in [2.24, 2.45) is 0 Å². The van der Waals surface area contributed by atoms with Crippen molar-refractivity contribution >= 4 is 29.2 Å². The van der Waals surface area contributed by atoms with Gasteiger partial charge in [-0.05, 0) is 37.9 Å². The van der Waals surface area contributed by atoms with E-state index < -0.39 is 5.97 Å². The Hall–Kier alpha value is -0.770. The van der Waals surface area contributed by atoms with Crippen LogP contribution in [-0.2, 0) is 11.3 Å². The Bertz CT molecular complexity index is 445. The van der Waals surface area contributed by atoms with Crippen LogP contribution < -0.4 is 0 Å². The largest absolute Gasteiger partial charge is 0.481 e. The first-order valence-electron chi connectivity index (χ1n) is 6.46. The van der Waals surface area contributed by atoms with Gasteiger partial charge >= 0.3 is 5.97 Å². The summed E-state index contributed by atoms with van der Waals surface area (Å²) in [6.45, 7) is 1.68. The molecule has 1 aliphatic rings. The van der Waals surface area contributed by atoms with E-state index in [1.54, 1.807) is 0 Å². The van der Waals surface area contributed by atoms with Gasteiger partial charge in [-0.2, -0.15) is 0 Å². The number of carbonyl (C=O) groups is 1. The third kappa shape index (κ3) is 3.85. The lowest BCUT2D eigenvalue weighted by atomic mass is 10.1. The molecule has 0 radical (unpaired) electrons. The maximum absolute atomic E-state index is 10.7. The predicted molar refractivity (Wildman–Crippen MR) is 76.8 cm³/mol. The highest BCUT2D eigenvalue weighted by atomic mass is 35.5. The molecule has 2 rings (SSSR count). The quantitative estimate of drug-likeness (QED) is 0.899. The van der Waals surface area contributed by atoms with Crippen LogP contribution in [0.25, 0.3) is 0 Å². The number of rotatable bonds is 5. The first-order valence-corrected chi connectivity index (χ1v) is 7.22. The summed E-state index contributed by atoms with van der Waals surface area (Å²) in [5.41, 5.74) is 0.938. The van der Waals surface area contributed by atoms with E-state index in [0.717, 1.165) is 24.9 Å². The molecule has 1 aromatic carbocycles. The fraction of sp³-hybridized carbons (Fsp3) is 0.500. The summed E-state index contributed by atoms with van der Waals surface area (Å²) in [4.78, 5) is 13.0. The van der Waals surface area contributed by atoms with E-state index in [9.17, 15) is 4.79 Å². The summed E-state index contributed by atoms with van der Waals surface area (Å²) in [6.07, 6.45) is 3.07. The van der Waals surface area contributed by atoms with Crippen LogP contribution in [0.5, 0.6) is 0 Å². The SMILES string of the molecule is O=C(O)CCC1CCCN1Cc1c(Cl)cccc1Cl. The van der Waals surface area contributed by atoms with Crippen LogP contribution in [0.15, 0.2) is 18.2 Å². The van der Waals surface area contributed by atoms with Gasteiger partial charge in [-0.15, -0.1) is 0 Å². The van der Waals surface area contributed by atoms with Gasteiger partial charge in [0, 0.05) is 34.6 Å². The molecule has 1 N–H and O–H groups in total. The fourth-order valence-electron chi connectivity index (χ4n) is 2.61. The molecule has 3 nitrogen and oxygen atoms in total. The normalized spacial score (nSPS) is 19.8. The monoisotopic (exact) mass is 301 g/mol. The van der Waals surface area contributed by atoms with Gasteiger partial charge in [-0.3, -0.25) is 9.69 Å². The lowest BCUT2D eigenvalue weighted by Gasteiger charge is -2.25. The Kier molecular flexibility index (Phi) is 5.08. The van der Waals surface area contributed by atoms with Gasteiger partial charge in [0.15, 0.2) is 0 Å². The molecule has 1 saturated heterocycles. The molecule has 0 aromatic heterocycles. The second-order valence-corrected chi connectivity index (χ2v) is 5.71. The predicted octanol–water partition coefficient (Wildman–Crippen LogP) is 3.82. The molecule has 0 bridgehead atoms. The number of nitrogens with zero attached hydrogens (tertiary/aromatic N) is 1. The van der Waals surface area contributed by atoms with Crippen molar-refractivity contribution in [3.63, 3.8) is 0 Å². The lowest BCUT2D eigenvalue weighted by Crippen LogP contribution is -2.29. The van der Waals surface area contributed by atoms with E-state index >= 15 is 0 Å². The first-order chi connectivity index (χ1) is 9.08. The maximum atomic E-state index is 10.7. The van der Waals surface area contributed by atoms with Crippen molar-refractivity contribution < 1.29 is 9.90 Å². The zero-order valence-corrected chi connectivity index (χ0v) is 12.1. The summed E-state index contributed by atoms with van der Waals surface area (Å²) >= 11 is 12.4. The molecule has 1 atom stereocenters. The number of hydrogen-bond donors (Lipinski definition) is 1. The van der Waals surface area contributed by atoms with Crippen LogP contribution in [0, 0.1) is 0 Å². The van der Waals surface area contributed by atoms with Crippen molar-refractivity contribution in [1.82, 2.24) is 4.90 Å². The molecule has 1 fully saturated rings. The Morgan fingerprint density at radius 2 is 2.05 bits per heavy atom. The van der Waals surface area contributed by atoms with Crippen LogP contribution in [-0.4, -0.2) is 28.6 Å². The Labute approximate surface area is 123 Å². The Balaban J connectivity index is 2.03. The number of halogens is 2. The zero-order chi connectivity index (χ0) is 13.8. The van der Waals surface area contributed by atoms with E-state index in [-0.39, 0.29) is 6.42 Å². The summed E-state index contributed by atoms with van der Waals surface area (Å²) in [6, 6.07) is 5.83. The summed E-state index contributed by atoms with van der Waals surface area (Å²) in [7, 11) is 0. The minimum atomic E-state index is -0.734. The summed E-state index contributed by atoms with van der Waals surface area (Å²) in [5, 5.41) is 10.1. The molecule has 5 heteroatoms. The Morgan fingerprint density at radius 1 is 1.37 bits per heavy atom. The van der Waals surface area contributed by atoms with Crippen molar-refractivity contribution in [3.8, 4) is 0 Å². The third-order valence-corrected chi connectivity index (χ3v) is 4.32. The van der Waals surface area contributed by atoms with E-state index in [4.69, 9.17) is 28.3 Å². The molecular formula is C14H17Cl2NO2. The van der Waals surface area contributed by atoms with Crippen LogP contribution in [0.4, 0.5) is 0 Å². The average molecular weight is 302 g/mol. The molecule has 0 aliphatic carbocycles. The van der Waals surface area contributed by atoms with Gasteiger partial charge in [0.2, 0.25) is 0 Å².